The molecule has 31 heavy (non-hydrogen) atoms. The van der Waals surface area contributed by atoms with E-state index in [4.69, 9.17) is 0 Å². The van der Waals surface area contributed by atoms with E-state index in [-0.39, 0.29) is 22.7 Å². The number of amides is 2. The van der Waals surface area contributed by atoms with Crippen LogP contribution in [0.3, 0.4) is 0 Å². The number of hydrogen-bond acceptors (Lipinski definition) is 4. The number of urea groups is 1. The normalized spacial score (nSPS) is 13.5. The van der Waals surface area contributed by atoms with Gasteiger partial charge in [0.25, 0.3) is 5.56 Å². The highest BCUT2D eigenvalue weighted by molar-refractivity contribution is 5.99. The lowest BCUT2D eigenvalue weighted by Crippen LogP contribution is -2.26. The van der Waals surface area contributed by atoms with Crippen LogP contribution in [0.1, 0.15) is 50.6 Å². The minimum Gasteiger partial charge on any atom is -0.308 e. The first-order chi connectivity index (χ1) is 14.7. The molecule has 0 radical (unpaired) electrons. The molecule has 0 saturated heterocycles. The summed E-state index contributed by atoms with van der Waals surface area (Å²) < 4.78 is 14.5. The third-order valence-electron chi connectivity index (χ3n) is 5.20. The van der Waals surface area contributed by atoms with E-state index in [9.17, 15) is 14.0 Å². The van der Waals surface area contributed by atoms with Crippen molar-refractivity contribution in [1.29, 1.82) is 0 Å². The van der Waals surface area contributed by atoms with Gasteiger partial charge in [0.1, 0.15) is 11.6 Å². The third kappa shape index (κ3) is 4.50. The summed E-state index contributed by atoms with van der Waals surface area (Å²) in [6.45, 7) is 6.02. The summed E-state index contributed by atoms with van der Waals surface area (Å²) in [6.07, 6.45) is 3.42. The lowest BCUT2D eigenvalue weighted by molar-refractivity contribution is 0.262. The van der Waals surface area contributed by atoms with Crippen LogP contribution in [0.4, 0.5) is 20.7 Å². The van der Waals surface area contributed by atoms with Crippen LogP contribution in [0.15, 0.2) is 35.1 Å². The van der Waals surface area contributed by atoms with E-state index < -0.39 is 6.03 Å². The largest absolute Gasteiger partial charge is 0.324 e. The molecule has 9 heteroatoms. The molecule has 4 rings (SSSR count). The predicted molar refractivity (Wildman–Crippen MR) is 116 cm³/mol. The molecular weight excluding hydrogens is 399 g/mol. The minimum atomic E-state index is -0.520. The number of aryl methyl sites for hydroxylation is 1. The summed E-state index contributed by atoms with van der Waals surface area (Å²) in [7, 11) is 0. The maximum atomic E-state index is 13.1. The van der Waals surface area contributed by atoms with Gasteiger partial charge < -0.3 is 5.32 Å². The number of nitrogens with zero attached hydrogens (tertiary/aromatic N) is 3. The second kappa shape index (κ2) is 7.98. The van der Waals surface area contributed by atoms with Crippen LogP contribution in [-0.2, 0) is 18.3 Å². The Labute approximate surface area is 178 Å². The van der Waals surface area contributed by atoms with Gasteiger partial charge in [-0.3, -0.25) is 15.1 Å². The van der Waals surface area contributed by atoms with Gasteiger partial charge in [-0.05, 0) is 49.9 Å². The van der Waals surface area contributed by atoms with Crippen molar-refractivity contribution in [2.75, 3.05) is 10.6 Å². The number of halogens is 1. The fourth-order valence-electron chi connectivity index (χ4n) is 3.50. The number of nitrogens with one attached hydrogen (secondary N) is 3. The Morgan fingerprint density at radius 3 is 2.55 bits per heavy atom. The second-order valence-electron chi connectivity index (χ2n) is 8.68. The maximum absolute atomic E-state index is 13.1. The molecule has 2 aromatic heterocycles. The van der Waals surface area contributed by atoms with Crippen LogP contribution in [0, 0.1) is 5.82 Å². The number of benzene rings is 1. The average molecular weight is 424 g/mol. The molecule has 0 saturated carbocycles. The molecule has 3 N–H and O–H groups in total. The van der Waals surface area contributed by atoms with Crippen LogP contribution in [0.2, 0.25) is 0 Å². The number of aromatic amines is 1. The van der Waals surface area contributed by atoms with Gasteiger partial charge in [0.2, 0.25) is 5.95 Å². The number of anilines is 2. The molecule has 1 aromatic carbocycles. The van der Waals surface area contributed by atoms with Crippen LogP contribution in [0.25, 0.3) is 5.95 Å². The molecule has 3 aromatic rings. The van der Waals surface area contributed by atoms with E-state index in [0.29, 0.717) is 11.5 Å². The van der Waals surface area contributed by atoms with Gasteiger partial charge in [0.05, 0.1) is 11.4 Å². The van der Waals surface area contributed by atoms with Crippen LogP contribution in [0.5, 0.6) is 0 Å². The van der Waals surface area contributed by atoms with Gasteiger partial charge >= 0.3 is 6.03 Å². The van der Waals surface area contributed by atoms with Crippen molar-refractivity contribution in [2.45, 2.75) is 51.9 Å². The highest BCUT2D eigenvalue weighted by Crippen LogP contribution is 2.26. The van der Waals surface area contributed by atoms with Gasteiger partial charge in [-0.2, -0.15) is 9.78 Å². The molecule has 162 valence electrons. The Balaban J connectivity index is 1.68. The number of fused-ring (bicyclic) bond motifs is 1. The number of aromatic nitrogens is 4. The molecule has 8 nitrogen and oxygen atoms in total. The first-order valence-corrected chi connectivity index (χ1v) is 10.3. The van der Waals surface area contributed by atoms with Gasteiger partial charge in [-0.25, -0.2) is 14.2 Å². The summed E-state index contributed by atoms with van der Waals surface area (Å²) in [5.74, 6) is 0.239. The summed E-state index contributed by atoms with van der Waals surface area (Å²) in [5, 5.41) is 10.0. The van der Waals surface area contributed by atoms with Crippen molar-refractivity contribution < 1.29 is 9.18 Å². The molecule has 0 spiro atoms. The first kappa shape index (κ1) is 20.8. The van der Waals surface area contributed by atoms with Crippen LogP contribution < -0.4 is 16.2 Å². The highest BCUT2D eigenvalue weighted by atomic mass is 19.1. The highest BCUT2D eigenvalue weighted by Gasteiger charge is 2.24. The summed E-state index contributed by atoms with van der Waals surface area (Å²) >= 11 is 0. The van der Waals surface area contributed by atoms with Crippen molar-refractivity contribution in [3.05, 3.63) is 63.5 Å². The van der Waals surface area contributed by atoms with Crippen molar-refractivity contribution in [3.63, 3.8) is 0 Å². The smallest absolute Gasteiger partial charge is 0.308 e. The van der Waals surface area contributed by atoms with E-state index in [1.165, 1.54) is 28.9 Å². The fourth-order valence-corrected chi connectivity index (χ4v) is 3.50. The molecule has 1 aliphatic carbocycles. The van der Waals surface area contributed by atoms with E-state index in [1.807, 2.05) is 20.8 Å². The Bertz CT molecular complexity index is 1170. The molecule has 0 aliphatic heterocycles. The van der Waals surface area contributed by atoms with Crippen molar-refractivity contribution in [2.24, 2.45) is 0 Å². The topological polar surface area (TPSA) is 105 Å². The third-order valence-corrected chi connectivity index (χ3v) is 5.20. The fraction of sp³-hybridized carbons (Fsp3) is 0.364. The Morgan fingerprint density at radius 1 is 1.13 bits per heavy atom. The minimum absolute atomic E-state index is 0.172. The average Bonchev–Trinajstić information content (AvgIpc) is 3.14. The molecule has 0 atom stereocenters. The SMILES string of the molecule is CC(C)(C)c1cc(NC(=O)Nc2ccc(F)cc2)n(-c2nc3c(c(=O)[nH]2)CCCC3)n1. The molecule has 2 heterocycles. The van der Waals surface area contributed by atoms with Gasteiger partial charge in [0.15, 0.2) is 0 Å². The maximum Gasteiger partial charge on any atom is 0.324 e. The standard InChI is InChI=1S/C22H25FN6O2/c1-22(2,3)17-12-18(26-21(31)24-14-10-8-13(23)9-11-14)29(28-17)20-25-16-7-5-4-6-15(16)19(30)27-20/h8-12H,4-7H2,1-3H3,(H2,24,26,31)(H,25,27,30). The van der Waals surface area contributed by atoms with E-state index >= 15 is 0 Å². The molecule has 0 bridgehead atoms. The zero-order chi connectivity index (χ0) is 22.2. The number of carbonyl (C=O) groups excluding carboxylic acids is 1. The van der Waals surface area contributed by atoms with Crippen LogP contribution in [-0.4, -0.2) is 25.8 Å². The van der Waals surface area contributed by atoms with Crippen molar-refractivity contribution in [1.82, 2.24) is 19.7 Å². The first-order valence-electron chi connectivity index (χ1n) is 10.3. The van der Waals surface area contributed by atoms with E-state index in [1.54, 1.807) is 6.07 Å². The molecular formula is C22H25FN6O2. The van der Waals surface area contributed by atoms with E-state index in [0.717, 1.165) is 42.6 Å². The predicted octanol–water partition coefficient (Wildman–Crippen LogP) is 3.92. The number of carbonyl (C=O) groups is 1. The Hall–Kier alpha value is -3.49. The van der Waals surface area contributed by atoms with Gasteiger partial charge in [-0.1, -0.05) is 20.8 Å². The van der Waals surface area contributed by atoms with Crippen molar-refractivity contribution in [3.8, 4) is 5.95 Å². The zero-order valence-electron chi connectivity index (χ0n) is 17.8. The molecule has 0 unspecified atom stereocenters. The summed E-state index contributed by atoms with van der Waals surface area (Å²) in [4.78, 5) is 32.6. The summed E-state index contributed by atoms with van der Waals surface area (Å²) in [5.41, 5.74) is 2.21. The number of rotatable bonds is 3. The number of hydrogen-bond donors (Lipinski definition) is 3. The molecule has 2 amide bonds. The van der Waals surface area contributed by atoms with Gasteiger partial charge in [-0.15, -0.1) is 0 Å². The lowest BCUT2D eigenvalue weighted by atomic mass is 9.92. The van der Waals surface area contributed by atoms with Crippen molar-refractivity contribution >= 4 is 17.5 Å². The van der Waals surface area contributed by atoms with Gasteiger partial charge in [0, 0.05) is 22.7 Å². The number of H-pyrrole nitrogens is 1. The lowest BCUT2D eigenvalue weighted by Gasteiger charge is -2.16. The second-order valence-corrected chi connectivity index (χ2v) is 8.68. The monoisotopic (exact) mass is 424 g/mol. The Morgan fingerprint density at radius 2 is 1.84 bits per heavy atom. The van der Waals surface area contributed by atoms with E-state index in [2.05, 4.69) is 25.7 Å². The Kier molecular flexibility index (Phi) is 5.34. The zero-order valence-corrected chi connectivity index (χ0v) is 17.8. The summed E-state index contributed by atoms with van der Waals surface area (Å²) in [6, 6.07) is 6.70. The quantitative estimate of drug-likeness (QED) is 0.593. The molecule has 0 fully saturated rings. The molecule has 1 aliphatic rings. The van der Waals surface area contributed by atoms with Crippen LogP contribution >= 0.6 is 0 Å².